The lowest BCUT2D eigenvalue weighted by Crippen LogP contribution is -2.49. The fraction of sp³-hybridized carbons (Fsp3) is 0.500. The van der Waals surface area contributed by atoms with Gasteiger partial charge < -0.3 is 14.7 Å². The van der Waals surface area contributed by atoms with Crippen LogP contribution in [0.1, 0.15) is 20.3 Å². The highest BCUT2D eigenvalue weighted by Gasteiger charge is 2.34. The quantitative estimate of drug-likeness (QED) is 0.925. The lowest BCUT2D eigenvalue weighted by Gasteiger charge is -2.36. The standard InChI is InChI=1S/C16H20FNO4/c1-10-9-18(7-6-14(10)16(20)21)15(19)11(2)22-13-5-3-4-12(17)8-13/h3-5,8,10-11,14H,6-7,9H2,1-2H3,(H,20,21). The van der Waals surface area contributed by atoms with Crippen molar-refractivity contribution < 1.29 is 23.8 Å². The number of halogens is 1. The summed E-state index contributed by atoms with van der Waals surface area (Å²) in [7, 11) is 0. The molecule has 0 spiro atoms. The molecule has 1 saturated heterocycles. The number of carbonyl (C=O) groups excluding carboxylic acids is 1. The van der Waals surface area contributed by atoms with Crippen molar-refractivity contribution in [2.75, 3.05) is 13.1 Å². The van der Waals surface area contributed by atoms with E-state index in [1.165, 1.54) is 18.2 Å². The molecule has 3 atom stereocenters. The predicted molar refractivity (Wildman–Crippen MR) is 78.0 cm³/mol. The summed E-state index contributed by atoms with van der Waals surface area (Å²) in [6.07, 6.45) is -0.301. The van der Waals surface area contributed by atoms with E-state index in [1.807, 2.05) is 6.92 Å². The Labute approximate surface area is 128 Å². The maximum Gasteiger partial charge on any atom is 0.306 e. The molecular formula is C16H20FNO4. The zero-order valence-corrected chi connectivity index (χ0v) is 12.7. The number of carbonyl (C=O) groups is 2. The van der Waals surface area contributed by atoms with Crippen LogP contribution in [-0.2, 0) is 9.59 Å². The van der Waals surface area contributed by atoms with E-state index in [0.29, 0.717) is 25.3 Å². The van der Waals surface area contributed by atoms with E-state index >= 15 is 0 Å². The highest BCUT2D eigenvalue weighted by molar-refractivity contribution is 5.81. The second-order valence-corrected chi connectivity index (χ2v) is 5.71. The number of hydrogen-bond donors (Lipinski definition) is 1. The topological polar surface area (TPSA) is 66.8 Å². The molecule has 120 valence electrons. The predicted octanol–water partition coefficient (Wildman–Crippen LogP) is 2.16. The minimum absolute atomic E-state index is 0.100. The molecule has 0 aliphatic carbocycles. The van der Waals surface area contributed by atoms with Crippen molar-refractivity contribution >= 4 is 11.9 Å². The summed E-state index contributed by atoms with van der Waals surface area (Å²) >= 11 is 0. The summed E-state index contributed by atoms with van der Waals surface area (Å²) < 4.78 is 18.6. The van der Waals surface area contributed by atoms with Crippen LogP contribution in [0.15, 0.2) is 24.3 Å². The zero-order chi connectivity index (χ0) is 16.3. The number of ether oxygens (including phenoxy) is 1. The average Bonchev–Trinajstić information content (AvgIpc) is 2.45. The Morgan fingerprint density at radius 2 is 2.18 bits per heavy atom. The molecule has 1 aromatic rings. The number of benzene rings is 1. The van der Waals surface area contributed by atoms with Crippen molar-refractivity contribution in [1.29, 1.82) is 0 Å². The SMILES string of the molecule is CC(Oc1cccc(F)c1)C(=O)N1CCC(C(=O)O)C(C)C1. The molecule has 1 aliphatic rings. The van der Waals surface area contributed by atoms with E-state index in [1.54, 1.807) is 17.9 Å². The average molecular weight is 309 g/mol. The molecule has 1 amide bonds. The van der Waals surface area contributed by atoms with Gasteiger partial charge in [0.2, 0.25) is 0 Å². The molecule has 1 N–H and O–H groups in total. The van der Waals surface area contributed by atoms with Gasteiger partial charge >= 0.3 is 5.97 Å². The van der Waals surface area contributed by atoms with Crippen molar-refractivity contribution in [3.8, 4) is 5.75 Å². The Hall–Kier alpha value is -2.11. The van der Waals surface area contributed by atoms with Crippen LogP contribution in [0.5, 0.6) is 5.75 Å². The number of aliphatic carboxylic acids is 1. The lowest BCUT2D eigenvalue weighted by atomic mass is 9.87. The number of carboxylic acid groups (broad SMARTS) is 1. The van der Waals surface area contributed by atoms with Gasteiger partial charge in [0.15, 0.2) is 6.10 Å². The first-order chi connectivity index (χ1) is 10.4. The van der Waals surface area contributed by atoms with Crippen molar-refractivity contribution in [3.63, 3.8) is 0 Å². The normalized spacial score (nSPS) is 23.0. The van der Waals surface area contributed by atoms with E-state index < -0.39 is 23.8 Å². The number of nitrogens with zero attached hydrogens (tertiary/aromatic N) is 1. The van der Waals surface area contributed by atoms with Gasteiger partial charge in [-0.1, -0.05) is 13.0 Å². The zero-order valence-electron chi connectivity index (χ0n) is 12.7. The van der Waals surface area contributed by atoms with Crippen molar-refractivity contribution in [1.82, 2.24) is 4.90 Å². The fourth-order valence-electron chi connectivity index (χ4n) is 2.76. The van der Waals surface area contributed by atoms with Crippen LogP contribution in [0.4, 0.5) is 4.39 Å². The van der Waals surface area contributed by atoms with Gasteiger partial charge in [-0.2, -0.15) is 0 Å². The first-order valence-corrected chi connectivity index (χ1v) is 7.32. The summed E-state index contributed by atoms with van der Waals surface area (Å²) in [5.74, 6) is -1.66. The van der Waals surface area contributed by atoms with Gasteiger partial charge in [0.1, 0.15) is 11.6 Å². The Morgan fingerprint density at radius 3 is 2.77 bits per heavy atom. The molecule has 1 aromatic carbocycles. The van der Waals surface area contributed by atoms with Crippen LogP contribution in [0.3, 0.4) is 0 Å². The third kappa shape index (κ3) is 3.75. The molecule has 0 saturated carbocycles. The van der Waals surface area contributed by atoms with Crippen molar-refractivity contribution in [2.45, 2.75) is 26.4 Å². The summed E-state index contributed by atoms with van der Waals surface area (Å²) in [4.78, 5) is 25.1. The number of amides is 1. The molecule has 0 bridgehead atoms. The fourth-order valence-corrected chi connectivity index (χ4v) is 2.76. The summed E-state index contributed by atoms with van der Waals surface area (Å²) in [6.45, 7) is 4.24. The second-order valence-electron chi connectivity index (χ2n) is 5.71. The summed E-state index contributed by atoms with van der Waals surface area (Å²) in [5, 5.41) is 9.10. The largest absolute Gasteiger partial charge is 0.481 e. The number of carboxylic acids is 1. The van der Waals surface area contributed by atoms with Crippen LogP contribution < -0.4 is 4.74 Å². The van der Waals surface area contributed by atoms with Crippen LogP contribution in [0.25, 0.3) is 0 Å². The smallest absolute Gasteiger partial charge is 0.306 e. The third-order valence-corrected chi connectivity index (χ3v) is 3.99. The van der Waals surface area contributed by atoms with E-state index in [0.717, 1.165) is 0 Å². The third-order valence-electron chi connectivity index (χ3n) is 3.99. The van der Waals surface area contributed by atoms with Crippen LogP contribution in [0.2, 0.25) is 0 Å². The molecular weight excluding hydrogens is 289 g/mol. The van der Waals surface area contributed by atoms with Gasteiger partial charge in [-0.15, -0.1) is 0 Å². The lowest BCUT2D eigenvalue weighted by molar-refractivity contribution is -0.150. The highest BCUT2D eigenvalue weighted by Crippen LogP contribution is 2.24. The van der Waals surface area contributed by atoms with Gasteiger partial charge in [0, 0.05) is 19.2 Å². The van der Waals surface area contributed by atoms with E-state index in [2.05, 4.69) is 0 Å². The van der Waals surface area contributed by atoms with Crippen LogP contribution in [-0.4, -0.2) is 41.1 Å². The Balaban J connectivity index is 1.95. The first-order valence-electron chi connectivity index (χ1n) is 7.32. The van der Waals surface area contributed by atoms with Gasteiger partial charge in [0.05, 0.1) is 5.92 Å². The van der Waals surface area contributed by atoms with E-state index in [4.69, 9.17) is 9.84 Å². The molecule has 0 radical (unpaired) electrons. The number of rotatable bonds is 4. The minimum Gasteiger partial charge on any atom is -0.481 e. The van der Waals surface area contributed by atoms with Gasteiger partial charge in [0.25, 0.3) is 5.91 Å². The second kappa shape index (κ2) is 6.77. The summed E-state index contributed by atoms with van der Waals surface area (Å²) in [6, 6.07) is 5.63. The van der Waals surface area contributed by atoms with Crippen molar-refractivity contribution in [3.05, 3.63) is 30.1 Å². The molecule has 22 heavy (non-hydrogen) atoms. The van der Waals surface area contributed by atoms with Gasteiger partial charge in [-0.25, -0.2) is 4.39 Å². The van der Waals surface area contributed by atoms with Crippen LogP contribution in [0, 0.1) is 17.7 Å². The molecule has 2 rings (SSSR count). The molecule has 0 aromatic heterocycles. The monoisotopic (exact) mass is 309 g/mol. The Kier molecular flexibility index (Phi) is 5.00. The maximum absolute atomic E-state index is 13.1. The molecule has 6 heteroatoms. The number of hydrogen-bond acceptors (Lipinski definition) is 3. The molecule has 1 fully saturated rings. The van der Waals surface area contributed by atoms with E-state index in [9.17, 15) is 14.0 Å². The minimum atomic E-state index is -0.816. The number of piperidine rings is 1. The van der Waals surface area contributed by atoms with E-state index in [-0.39, 0.29) is 11.8 Å². The maximum atomic E-state index is 13.1. The van der Waals surface area contributed by atoms with Crippen molar-refractivity contribution in [2.24, 2.45) is 11.8 Å². The van der Waals surface area contributed by atoms with Gasteiger partial charge in [-0.3, -0.25) is 9.59 Å². The highest BCUT2D eigenvalue weighted by atomic mass is 19.1. The number of likely N-dealkylation sites (tertiary alicyclic amines) is 1. The van der Waals surface area contributed by atoms with Crippen LogP contribution >= 0.6 is 0 Å². The van der Waals surface area contributed by atoms with Gasteiger partial charge in [-0.05, 0) is 31.4 Å². The molecule has 5 nitrogen and oxygen atoms in total. The molecule has 1 aliphatic heterocycles. The molecule has 1 heterocycles. The first kappa shape index (κ1) is 16.3. The molecule has 3 unspecified atom stereocenters. The summed E-state index contributed by atoms with van der Waals surface area (Å²) in [5.41, 5.74) is 0. The Bertz CT molecular complexity index is 563. The Morgan fingerprint density at radius 1 is 1.45 bits per heavy atom.